The fourth-order valence-corrected chi connectivity index (χ4v) is 5.26. The van der Waals surface area contributed by atoms with E-state index in [1.54, 1.807) is 24.4 Å². The van der Waals surface area contributed by atoms with Gasteiger partial charge in [-0.2, -0.15) is 4.98 Å². The Morgan fingerprint density at radius 3 is 2.67 bits per heavy atom. The summed E-state index contributed by atoms with van der Waals surface area (Å²) in [5.74, 6) is -0.174. The third kappa shape index (κ3) is 8.73. The lowest BCUT2D eigenvalue weighted by molar-refractivity contribution is 0.305. The van der Waals surface area contributed by atoms with E-state index in [-0.39, 0.29) is 23.7 Å². The van der Waals surface area contributed by atoms with E-state index in [0.717, 1.165) is 43.2 Å². The molecule has 2 aromatic carbocycles. The number of amidine groups is 1. The number of aliphatic hydroxyl groups excluding tert-OH is 1. The van der Waals surface area contributed by atoms with Gasteiger partial charge >= 0.3 is 5.69 Å². The summed E-state index contributed by atoms with van der Waals surface area (Å²) in [5, 5.41) is 23.9. The number of fused-ring (bicyclic) bond motifs is 1. The summed E-state index contributed by atoms with van der Waals surface area (Å²) in [4.78, 5) is 20.2. The van der Waals surface area contributed by atoms with Gasteiger partial charge in [-0.1, -0.05) is 30.7 Å². The van der Waals surface area contributed by atoms with Crippen molar-refractivity contribution in [2.24, 2.45) is 5.73 Å². The Morgan fingerprint density at radius 2 is 1.98 bits per heavy atom. The van der Waals surface area contributed by atoms with Crippen molar-refractivity contribution < 1.29 is 9.50 Å². The fraction of sp³-hybridized carbons (Fsp3) is 0.406. The van der Waals surface area contributed by atoms with Gasteiger partial charge in [-0.15, -0.1) is 0 Å². The summed E-state index contributed by atoms with van der Waals surface area (Å²) in [6, 6.07) is 13.3. The SMILES string of the molecule is CC[C@@H](CCNC(=N)CCO)NCc1ccc(-n2cc3cc(-c4cc(CCC[C@H](C)N)cc(Cl)c4F)[nH]c3nc2=O)cc1. The van der Waals surface area contributed by atoms with Gasteiger partial charge in [-0.3, -0.25) is 9.98 Å². The lowest BCUT2D eigenvalue weighted by atomic mass is 10.0. The Bertz CT molecular complexity index is 1580. The minimum absolute atomic E-state index is 0.0287. The maximum Gasteiger partial charge on any atom is 0.354 e. The zero-order chi connectivity index (χ0) is 30.9. The number of benzene rings is 2. The van der Waals surface area contributed by atoms with E-state index in [1.807, 2.05) is 31.2 Å². The molecule has 0 aliphatic carbocycles. The first-order valence-corrected chi connectivity index (χ1v) is 15.2. The normalized spacial score (nSPS) is 12.9. The van der Waals surface area contributed by atoms with E-state index in [2.05, 4.69) is 27.5 Å². The first-order chi connectivity index (χ1) is 20.7. The molecule has 0 spiro atoms. The largest absolute Gasteiger partial charge is 0.396 e. The van der Waals surface area contributed by atoms with E-state index in [4.69, 9.17) is 27.9 Å². The van der Waals surface area contributed by atoms with Crippen molar-refractivity contribution in [3.8, 4) is 16.9 Å². The van der Waals surface area contributed by atoms with Crippen molar-refractivity contribution in [2.75, 3.05) is 13.2 Å². The molecule has 4 rings (SSSR count). The number of nitrogens with two attached hydrogens (primary N) is 1. The Labute approximate surface area is 256 Å². The van der Waals surface area contributed by atoms with Crippen LogP contribution in [0.2, 0.25) is 5.02 Å². The summed E-state index contributed by atoms with van der Waals surface area (Å²) in [6.07, 6.45) is 6.31. The molecule has 0 amide bonds. The van der Waals surface area contributed by atoms with Crippen LogP contribution in [0.1, 0.15) is 57.1 Å². The van der Waals surface area contributed by atoms with E-state index in [1.165, 1.54) is 4.57 Å². The number of aliphatic hydroxyl groups is 1. The van der Waals surface area contributed by atoms with Crippen LogP contribution >= 0.6 is 11.6 Å². The number of aromatic nitrogens is 3. The second-order valence-electron chi connectivity index (χ2n) is 11.0. The molecule has 2 aromatic heterocycles. The average molecular weight is 610 g/mol. The van der Waals surface area contributed by atoms with Gasteiger partial charge in [0.2, 0.25) is 0 Å². The van der Waals surface area contributed by atoms with Gasteiger partial charge in [0, 0.05) is 48.7 Å². The Morgan fingerprint density at radius 1 is 1.21 bits per heavy atom. The topological polar surface area (TPSA) is 145 Å². The minimum atomic E-state index is -0.522. The highest BCUT2D eigenvalue weighted by Gasteiger charge is 2.16. The Kier molecular flexibility index (Phi) is 11.5. The highest BCUT2D eigenvalue weighted by Crippen LogP contribution is 2.31. The molecule has 11 heteroatoms. The second-order valence-corrected chi connectivity index (χ2v) is 11.4. The molecule has 0 aliphatic heterocycles. The molecule has 0 saturated carbocycles. The van der Waals surface area contributed by atoms with E-state index < -0.39 is 11.5 Å². The molecule has 0 bridgehead atoms. The van der Waals surface area contributed by atoms with Gasteiger partial charge in [0.1, 0.15) is 5.65 Å². The molecule has 0 radical (unpaired) electrons. The van der Waals surface area contributed by atoms with Crippen molar-refractivity contribution in [2.45, 2.75) is 71.0 Å². The van der Waals surface area contributed by atoms with Crippen LogP contribution in [0.25, 0.3) is 28.0 Å². The van der Waals surface area contributed by atoms with Crippen LogP contribution < -0.4 is 22.1 Å². The Balaban J connectivity index is 1.46. The zero-order valence-electron chi connectivity index (χ0n) is 24.7. The monoisotopic (exact) mass is 609 g/mol. The van der Waals surface area contributed by atoms with Crippen LogP contribution in [0, 0.1) is 11.2 Å². The number of H-pyrrole nitrogens is 1. The Hall–Kier alpha value is -3.57. The molecule has 43 heavy (non-hydrogen) atoms. The highest BCUT2D eigenvalue weighted by atomic mass is 35.5. The second kappa shape index (κ2) is 15.2. The summed E-state index contributed by atoms with van der Waals surface area (Å²) in [5.41, 5.74) is 9.30. The van der Waals surface area contributed by atoms with Crippen LogP contribution in [0.4, 0.5) is 4.39 Å². The number of nitrogens with zero attached hydrogens (tertiary/aromatic N) is 2. The molecule has 2 atom stereocenters. The third-order valence-corrected chi connectivity index (χ3v) is 7.78. The maximum atomic E-state index is 15.1. The van der Waals surface area contributed by atoms with Gasteiger partial charge in [0.05, 0.1) is 28.8 Å². The lowest BCUT2D eigenvalue weighted by Crippen LogP contribution is -2.33. The average Bonchev–Trinajstić information content (AvgIpc) is 3.39. The molecule has 7 N–H and O–H groups in total. The van der Waals surface area contributed by atoms with E-state index >= 15 is 4.39 Å². The molecule has 0 aliphatic rings. The molecule has 4 aromatic rings. The molecular formula is C32H41ClFN7O2. The number of aromatic amines is 1. The molecular weight excluding hydrogens is 569 g/mol. The predicted octanol–water partition coefficient (Wildman–Crippen LogP) is 5.05. The minimum Gasteiger partial charge on any atom is -0.396 e. The number of halogens is 2. The van der Waals surface area contributed by atoms with Crippen molar-refractivity contribution in [3.63, 3.8) is 0 Å². The number of aryl methyl sites for hydroxylation is 1. The van der Waals surface area contributed by atoms with Crippen LogP contribution in [0.15, 0.2) is 53.5 Å². The van der Waals surface area contributed by atoms with Gasteiger partial charge in [0.15, 0.2) is 5.82 Å². The first-order valence-electron chi connectivity index (χ1n) is 14.8. The van der Waals surface area contributed by atoms with Gasteiger partial charge < -0.3 is 26.5 Å². The zero-order valence-corrected chi connectivity index (χ0v) is 25.5. The summed E-state index contributed by atoms with van der Waals surface area (Å²) >= 11 is 6.24. The van der Waals surface area contributed by atoms with Gasteiger partial charge in [-0.05, 0) is 80.5 Å². The van der Waals surface area contributed by atoms with Gasteiger partial charge in [-0.25, -0.2) is 9.18 Å². The summed E-state index contributed by atoms with van der Waals surface area (Å²) in [6.45, 7) is 5.38. The summed E-state index contributed by atoms with van der Waals surface area (Å²) < 4.78 is 16.6. The van der Waals surface area contributed by atoms with E-state index in [0.29, 0.717) is 53.3 Å². The molecule has 0 saturated heterocycles. The fourth-order valence-electron chi connectivity index (χ4n) is 5.02. The number of hydrogen-bond acceptors (Lipinski definition) is 6. The molecule has 230 valence electrons. The molecule has 0 unspecified atom stereocenters. The highest BCUT2D eigenvalue weighted by molar-refractivity contribution is 6.31. The van der Waals surface area contributed by atoms with Crippen LogP contribution in [-0.4, -0.2) is 50.7 Å². The lowest BCUT2D eigenvalue weighted by Gasteiger charge is -2.18. The van der Waals surface area contributed by atoms with Crippen molar-refractivity contribution in [1.29, 1.82) is 5.41 Å². The smallest absolute Gasteiger partial charge is 0.354 e. The van der Waals surface area contributed by atoms with Gasteiger partial charge in [0.25, 0.3) is 0 Å². The van der Waals surface area contributed by atoms with Crippen molar-refractivity contribution >= 4 is 28.5 Å². The maximum absolute atomic E-state index is 15.1. The molecule has 2 heterocycles. The number of hydrogen-bond donors (Lipinski definition) is 6. The standard InChI is InChI=1S/C32H41ClFN7O2/c1-3-24(11-13-37-29(36)12-14-42)38-18-21-7-9-25(10-8-21)41-19-23-17-28(39-31(23)40-32(41)43)26-15-22(6-4-5-20(2)35)16-27(33)30(26)34/h7-10,15-17,19-20,24,38,42H,3-6,11-14,18,35H2,1-2H3,(H2,36,37)(H,39,40,43)/t20-,24-/m0/s1. The van der Waals surface area contributed by atoms with Crippen LogP contribution in [-0.2, 0) is 13.0 Å². The van der Waals surface area contributed by atoms with Crippen LogP contribution in [0.3, 0.4) is 0 Å². The van der Waals surface area contributed by atoms with Crippen LogP contribution in [0.5, 0.6) is 0 Å². The van der Waals surface area contributed by atoms with Crippen molar-refractivity contribution in [1.82, 2.24) is 25.2 Å². The first kappa shape index (κ1) is 32.3. The van der Waals surface area contributed by atoms with Crippen molar-refractivity contribution in [3.05, 3.63) is 81.1 Å². The number of nitrogens with one attached hydrogen (secondary N) is 4. The van der Waals surface area contributed by atoms with E-state index in [9.17, 15) is 4.79 Å². The number of rotatable bonds is 15. The molecule has 0 fully saturated rings. The predicted molar refractivity (Wildman–Crippen MR) is 172 cm³/mol. The quantitative estimate of drug-likeness (QED) is 0.0822. The third-order valence-electron chi connectivity index (χ3n) is 7.51. The molecule has 9 nitrogen and oxygen atoms in total. The summed E-state index contributed by atoms with van der Waals surface area (Å²) in [7, 11) is 0.